The number of amides is 1. The molecule has 0 aromatic heterocycles. The molecule has 0 saturated carbocycles. The maximum Gasteiger partial charge on any atom is 0.446 e. The first-order chi connectivity index (χ1) is 7.26. The van der Waals surface area contributed by atoms with Gasteiger partial charge >= 0.3 is 6.18 Å². The molecule has 4 nitrogen and oxygen atoms in total. The van der Waals surface area contributed by atoms with E-state index in [2.05, 4.69) is 12.2 Å². The second-order valence-electron chi connectivity index (χ2n) is 3.48. The van der Waals surface area contributed by atoms with E-state index in [9.17, 15) is 18.0 Å². The van der Waals surface area contributed by atoms with Gasteiger partial charge in [-0.15, -0.1) is 0 Å². The molecule has 0 aromatic carbocycles. The highest BCUT2D eigenvalue weighted by atomic mass is 19.4. The number of aldehydes is 1. The lowest BCUT2D eigenvalue weighted by molar-refractivity contribution is -0.156. The van der Waals surface area contributed by atoms with Crippen LogP contribution in [0.25, 0.3) is 0 Å². The number of piperazine rings is 1. The molecule has 94 valence electrons. The van der Waals surface area contributed by atoms with Crippen LogP contribution < -0.4 is 5.32 Å². The second kappa shape index (κ2) is 6.47. The van der Waals surface area contributed by atoms with E-state index in [1.54, 1.807) is 6.92 Å². The van der Waals surface area contributed by atoms with Crippen LogP contribution in [-0.2, 0) is 9.59 Å². The van der Waals surface area contributed by atoms with Crippen molar-refractivity contribution >= 4 is 12.2 Å². The van der Waals surface area contributed by atoms with Crippen molar-refractivity contribution in [3.63, 3.8) is 0 Å². The van der Waals surface area contributed by atoms with Crippen molar-refractivity contribution in [3.05, 3.63) is 0 Å². The van der Waals surface area contributed by atoms with Gasteiger partial charge in [0.05, 0.1) is 0 Å². The molecule has 0 bridgehead atoms. The lowest BCUT2D eigenvalue weighted by atomic mass is 10.2. The predicted molar refractivity (Wildman–Crippen MR) is 51.8 cm³/mol. The molecule has 1 saturated heterocycles. The standard InChI is InChI=1S/C7H14N2O.C2HF3O/c1-6-5-9(7(2)10)4-3-8-6;3-2(4,5)1-6/h6,8H,3-5H2,1-2H3;1H/t6-;/m1./s1. The van der Waals surface area contributed by atoms with Crippen LogP contribution in [0, 0.1) is 0 Å². The van der Waals surface area contributed by atoms with Crippen LogP contribution in [0.4, 0.5) is 13.2 Å². The molecule has 0 spiro atoms. The first-order valence-electron chi connectivity index (χ1n) is 4.78. The van der Waals surface area contributed by atoms with E-state index < -0.39 is 12.5 Å². The van der Waals surface area contributed by atoms with Gasteiger partial charge in [-0.05, 0) is 6.92 Å². The van der Waals surface area contributed by atoms with Gasteiger partial charge in [0.25, 0.3) is 0 Å². The molecule has 1 amide bonds. The highest BCUT2D eigenvalue weighted by Crippen LogP contribution is 2.08. The van der Waals surface area contributed by atoms with E-state index in [0.717, 1.165) is 19.6 Å². The molecule has 0 aromatic rings. The zero-order valence-electron chi connectivity index (χ0n) is 9.17. The minimum Gasteiger partial charge on any atom is -0.340 e. The molecule has 1 fully saturated rings. The summed E-state index contributed by atoms with van der Waals surface area (Å²) in [6.45, 7) is 6.36. The molecule has 0 radical (unpaired) electrons. The van der Waals surface area contributed by atoms with E-state index in [4.69, 9.17) is 4.79 Å². The van der Waals surface area contributed by atoms with E-state index in [1.165, 1.54) is 0 Å². The summed E-state index contributed by atoms with van der Waals surface area (Å²) in [5.74, 6) is 0.188. The van der Waals surface area contributed by atoms with Crippen molar-refractivity contribution < 1.29 is 22.8 Å². The Hall–Kier alpha value is -1.11. The van der Waals surface area contributed by atoms with Gasteiger partial charge in [0.15, 0.2) is 0 Å². The normalized spacial score (nSPS) is 20.8. The van der Waals surface area contributed by atoms with Crippen molar-refractivity contribution in [2.24, 2.45) is 0 Å². The molecule has 1 rings (SSSR count). The van der Waals surface area contributed by atoms with Crippen LogP contribution in [0.1, 0.15) is 13.8 Å². The van der Waals surface area contributed by atoms with Crippen LogP contribution in [0.2, 0.25) is 0 Å². The summed E-state index contributed by atoms with van der Waals surface area (Å²) in [7, 11) is 0. The van der Waals surface area contributed by atoms with Crippen LogP contribution in [0.15, 0.2) is 0 Å². The number of carbonyl (C=O) groups excluding carboxylic acids is 2. The fourth-order valence-corrected chi connectivity index (χ4v) is 1.22. The Labute approximate surface area is 91.8 Å². The number of halogens is 3. The van der Waals surface area contributed by atoms with Crippen molar-refractivity contribution in [3.8, 4) is 0 Å². The van der Waals surface area contributed by atoms with Crippen LogP contribution >= 0.6 is 0 Å². The maximum atomic E-state index is 10.8. The molecule has 1 heterocycles. The Morgan fingerprint density at radius 3 is 2.25 bits per heavy atom. The van der Waals surface area contributed by atoms with Crippen molar-refractivity contribution in [1.29, 1.82) is 0 Å². The van der Waals surface area contributed by atoms with Crippen LogP contribution in [-0.4, -0.2) is 48.9 Å². The second-order valence-corrected chi connectivity index (χ2v) is 3.48. The Balaban J connectivity index is 0.000000325. The number of rotatable bonds is 0. The zero-order valence-corrected chi connectivity index (χ0v) is 9.17. The SMILES string of the molecule is CC(=O)N1CCN[C@H](C)C1.O=CC(F)(F)F. The van der Waals surface area contributed by atoms with E-state index in [0.29, 0.717) is 6.04 Å². The van der Waals surface area contributed by atoms with Crippen molar-refractivity contribution in [2.75, 3.05) is 19.6 Å². The van der Waals surface area contributed by atoms with Gasteiger partial charge in [-0.2, -0.15) is 13.2 Å². The maximum absolute atomic E-state index is 10.8. The van der Waals surface area contributed by atoms with Gasteiger partial charge in [0.2, 0.25) is 12.2 Å². The third kappa shape index (κ3) is 7.22. The fourth-order valence-electron chi connectivity index (χ4n) is 1.22. The molecule has 1 N–H and O–H groups in total. The largest absolute Gasteiger partial charge is 0.446 e. The number of hydrogen-bond donors (Lipinski definition) is 1. The van der Waals surface area contributed by atoms with Gasteiger partial charge in [-0.25, -0.2) is 0 Å². The predicted octanol–water partition coefficient (Wildman–Crippen LogP) is 0.574. The number of carbonyl (C=O) groups is 2. The average Bonchev–Trinajstić information content (AvgIpc) is 2.17. The third-order valence-electron chi connectivity index (χ3n) is 1.95. The van der Waals surface area contributed by atoms with Gasteiger partial charge in [0.1, 0.15) is 0 Å². The first-order valence-corrected chi connectivity index (χ1v) is 4.78. The molecule has 1 aliphatic heterocycles. The quantitative estimate of drug-likeness (QED) is 0.630. The zero-order chi connectivity index (χ0) is 12.8. The van der Waals surface area contributed by atoms with E-state index >= 15 is 0 Å². The molecular formula is C9H15F3N2O2. The number of hydrogen-bond acceptors (Lipinski definition) is 3. The smallest absolute Gasteiger partial charge is 0.340 e. The molecule has 0 aliphatic carbocycles. The van der Waals surface area contributed by atoms with Gasteiger partial charge < -0.3 is 10.2 Å². The molecule has 1 atom stereocenters. The summed E-state index contributed by atoms with van der Waals surface area (Å²) in [5, 5.41) is 3.27. The highest BCUT2D eigenvalue weighted by molar-refractivity contribution is 5.73. The summed E-state index contributed by atoms with van der Waals surface area (Å²) in [4.78, 5) is 21.4. The molecular weight excluding hydrogens is 225 g/mol. The Morgan fingerprint density at radius 2 is 2.00 bits per heavy atom. The number of alkyl halides is 3. The molecule has 16 heavy (non-hydrogen) atoms. The molecule has 0 unspecified atom stereocenters. The van der Waals surface area contributed by atoms with Crippen molar-refractivity contribution in [1.82, 2.24) is 10.2 Å². The molecule has 1 aliphatic rings. The Morgan fingerprint density at radius 1 is 1.50 bits per heavy atom. The van der Waals surface area contributed by atoms with E-state index in [-0.39, 0.29) is 5.91 Å². The summed E-state index contributed by atoms with van der Waals surface area (Å²) in [5.41, 5.74) is 0. The van der Waals surface area contributed by atoms with Crippen LogP contribution in [0.5, 0.6) is 0 Å². The lowest BCUT2D eigenvalue weighted by Crippen LogP contribution is -2.50. The summed E-state index contributed by atoms with van der Waals surface area (Å²) < 4.78 is 31.2. The van der Waals surface area contributed by atoms with Gasteiger partial charge in [-0.1, -0.05) is 0 Å². The monoisotopic (exact) mass is 240 g/mol. The average molecular weight is 240 g/mol. The fraction of sp³-hybridized carbons (Fsp3) is 0.778. The van der Waals surface area contributed by atoms with Crippen LogP contribution in [0.3, 0.4) is 0 Å². The summed E-state index contributed by atoms with van der Waals surface area (Å²) in [6.07, 6.45) is -5.70. The number of nitrogens with zero attached hydrogens (tertiary/aromatic N) is 1. The summed E-state index contributed by atoms with van der Waals surface area (Å²) >= 11 is 0. The number of nitrogens with one attached hydrogen (secondary N) is 1. The Kier molecular flexibility index (Phi) is 6.02. The topological polar surface area (TPSA) is 49.4 Å². The van der Waals surface area contributed by atoms with Crippen molar-refractivity contribution in [2.45, 2.75) is 26.1 Å². The highest BCUT2D eigenvalue weighted by Gasteiger charge is 2.24. The first kappa shape index (κ1) is 14.9. The minimum absolute atomic E-state index is 0.188. The lowest BCUT2D eigenvalue weighted by Gasteiger charge is -2.30. The van der Waals surface area contributed by atoms with Gasteiger partial charge in [0, 0.05) is 32.6 Å². The van der Waals surface area contributed by atoms with E-state index in [1.807, 2.05) is 4.90 Å². The van der Waals surface area contributed by atoms with Gasteiger partial charge in [-0.3, -0.25) is 9.59 Å². The Bertz CT molecular complexity index is 243. The molecule has 7 heteroatoms. The third-order valence-corrected chi connectivity index (χ3v) is 1.95. The summed E-state index contributed by atoms with van der Waals surface area (Å²) in [6, 6.07) is 0.456. The minimum atomic E-state index is -4.64.